The van der Waals surface area contributed by atoms with Gasteiger partial charge in [0.2, 0.25) is 5.76 Å². The van der Waals surface area contributed by atoms with Gasteiger partial charge in [-0.1, -0.05) is 48.5 Å². The van der Waals surface area contributed by atoms with Gasteiger partial charge in [0.1, 0.15) is 5.58 Å². The van der Waals surface area contributed by atoms with Gasteiger partial charge in [0.15, 0.2) is 16.9 Å². The van der Waals surface area contributed by atoms with Gasteiger partial charge in [-0.2, -0.15) is 0 Å². The zero-order chi connectivity index (χ0) is 24.4. The SMILES string of the molecule is CCOc1ccc(C2c3c(oc4ccccc4c3=O)C(=O)N2CCc2ccccc2)cc1OCC. The third-order valence-electron chi connectivity index (χ3n) is 6.24. The van der Waals surface area contributed by atoms with Crippen molar-refractivity contribution in [3.05, 3.63) is 105 Å². The summed E-state index contributed by atoms with van der Waals surface area (Å²) in [4.78, 5) is 29.0. The van der Waals surface area contributed by atoms with E-state index in [1.54, 1.807) is 29.2 Å². The minimum Gasteiger partial charge on any atom is -0.490 e. The highest BCUT2D eigenvalue weighted by atomic mass is 16.5. The number of benzene rings is 3. The molecule has 0 fully saturated rings. The molecular weight excluding hydrogens is 442 g/mol. The fraction of sp³-hybridized carbons (Fsp3) is 0.241. The number of hydrogen-bond acceptors (Lipinski definition) is 5. The number of carbonyl (C=O) groups excluding carboxylic acids is 1. The van der Waals surface area contributed by atoms with Crippen LogP contribution in [0, 0.1) is 0 Å². The molecule has 178 valence electrons. The summed E-state index contributed by atoms with van der Waals surface area (Å²) in [5, 5.41) is 0.463. The zero-order valence-corrected chi connectivity index (χ0v) is 19.8. The molecular formula is C29H27NO5. The first kappa shape index (κ1) is 22.7. The number of rotatable bonds is 8. The van der Waals surface area contributed by atoms with Crippen LogP contribution in [-0.2, 0) is 6.42 Å². The molecule has 5 rings (SSSR count). The monoisotopic (exact) mass is 469 g/mol. The molecule has 0 saturated heterocycles. The van der Waals surface area contributed by atoms with Crippen molar-refractivity contribution in [2.45, 2.75) is 26.3 Å². The Morgan fingerprint density at radius 2 is 1.57 bits per heavy atom. The first-order chi connectivity index (χ1) is 17.1. The molecule has 35 heavy (non-hydrogen) atoms. The highest BCUT2D eigenvalue weighted by Gasteiger charge is 2.42. The molecule has 1 aliphatic rings. The molecule has 6 nitrogen and oxygen atoms in total. The predicted molar refractivity (Wildman–Crippen MR) is 134 cm³/mol. The molecule has 0 aliphatic carbocycles. The Balaban J connectivity index is 1.64. The second kappa shape index (κ2) is 9.66. The van der Waals surface area contributed by atoms with Gasteiger partial charge in [0, 0.05) is 6.54 Å². The number of para-hydroxylation sites is 1. The number of carbonyl (C=O) groups is 1. The van der Waals surface area contributed by atoms with Crippen molar-refractivity contribution in [1.82, 2.24) is 4.90 Å². The number of ether oxygens (including phenoxy) is 2. The fourth-order valence-corrected chi connectivity index (χ4v) is 4.68. The molecule has 4 aromatic rings. The summed E-state index contributed by atoms with van der Waals surface area (Å²) in [5.41, 5.74) is 2.48. The van der Waals surface area contributed by atoms with Gasteiger partial charge in [-0.3, -0.25) is 9.59 Å². The van der Waals surface area contributed by atoms with E-state index in [0.29, 0.717) is 54.2 Å². The van der Waals surface area contributed by atoms with Crippen LogP contribution in [0.2, 0.25) is 0 Å². The summed E-state index contributed by atoms with van der Waals surface area (Å²) in [6.07, 6.45) is 0.653. The van der Waals surface area contributed by atoms with Crippen molar-refractivity contribution in [3.63, 3.8) is 0 Å². The molecule has 3 aromatic carbocycles. The van der Waals surface area contributed by atoms with Crippen LogP contribution in [0.15, 0.2) is 82.0 Å². The molecule has 1 aromatic heterocycles. The summed E-state index contributed by atoms with van der Waals surface area (Å²) in [7, 11) is 0. The largest absolute Gasteiger partial charge is 0.490 e. The van der Waals surface area contributed by atoms with Gasteiger partial charge >= 0.3 is 0 Å². The smallest absolute Gasteiger partial charge is 0.290 e. The Kier molecular flexibility index (Phi) is 6.27. The molecule has 0 radical (unpaired) electrons. The van der Waals surface area contributed by atoms with Gasteiger partial charge in [0.05, 0.1) is 30.2 Å². The van der Waals surface area contributed by atoms with Crippen LogP contribution in [0.1, 0.15) is 47.1 Å². The van der Waals surface area contributed by atoms with E-state index in [-0.39, 0.29) is 17.1 Å². The molecule has 2 heterocycles. The van der Waals surface area contributed by atoms with E-state index >= 15 is 0 Å². The zero-order valence-electron chi connectivity index (χ0n) is 19.8. The lowest BCUT2D eigenvalue weighted by atomic mass is 9.97. The van der Waals surface area contributed by atoms with Crippen molar-refractivity contribution >= 4 is 16.9 Å². The molecule has 1 atom stereocenters. The molecule has 0 spiro atoms. The van der Waals surface area contributed by atoms with E-state index in [1.165, 1.54) is 0 Å². The normalized spacial score (nSPS) is 14.9. The van der Waals surface area contributed by atoms with E-state index in [1.807, 2.05) is 62.4 Å². The first-order valence-electron chi connectivity index (χ1n) is 11.9. The van der Waals surface area contributed by atoms with Gasteiger partial charge in [-0.15, -0.1) is 0 Å². The van der Waals surface area contributed by atoms with Crippen LogP contribution in [-0.4, -0.2) is 30.6 Å². The minimum absolute atomic E-state index is 0.110. The second-order valence-corrected chi connectivity index (χ2v) is 8.38. The van der Waals surface area contributed by atoms with Crippen LogP contribution >= 0.6 is 0 Å². The molecule has 1 unspecified atom stereocenters. The lowest BCUT2D eigenvalue weighted by Gasteiger charge is -2.26. The van der Waals surface area contributed by atoms with Crippen LogP contribution in [0.25, 0.3) is 11.0 Å². The minimum atomic E-state index is -0.586. The number of hydrogen-bond donors (Lipinski definition) is 0. The molecule has 6 heteroatoms. The third kappa shape index (κ3) is 4.16. The third-order valence-corrected chi connectivity index (χ3v) is 6.24. The second-order valence-electron chi connectivity index (χ2n) is 8.38. The van der Waals surface area contributed by atoms with Gasteiger partial charge < -0.3 is 18.8 Å². The van der Waals surface area contributed by atoms with Crippen molar-refractivity contribution in [2.24, 2.45) is 0 Å². The van der Waals surface area contributed by atoms with Crippen LogP contribution in [0.4, 0.5) is 0 Å². The summed E-state index contributed by atoms with van der Waals surface area (Å²) in [6, 6.07) is 22.0. The van der Waals surface area contributed by atoms with Crippen molar-refractivity contribution in [1.29, 1.82) is 0 Å². The summed E-state index contributed by atoms with van der Waals surface area (Å²) < 4.78 is 17.6. The Morgan fingerprint density at radius 1 is 0.857 bits per heavy atom. The van der Waals surface area contributed by atoms with Gasteiger partial charge in [0.25, 0.3) is 5.91 Å². The fourth-order valence-electron chi connectivity index (χ4n) is 4.68. The van der Waals surface area contributed by atoms with Crippen LogP contribution in [0.5, 0.6) is 11.5 Å². The number of amides is 1. The summed E-state index contributed by atoms with van der Waals surface area (Å²) >= 11 is 0. The summed E-state index contributed by atoms with van der Waals surface area (Å²) in [5.74, 6) is 1.04. The maximum absolute atomic E-state index is 13.7. The number of fused-ring (bicyclic) bond motifs is 2. The topological polar surface area (TPSA) is 69.0 Å². The Bertz CT molecular complexity index is 1430. The highest BCUT2D eigenvalue weighted by molar-refractivity contribution is 5.99. The summed E-state index contributed by atoms with van der Waals surface area (Å²) in [6.45, 7) is 5.22. The molecule has 1 aliphatic heterocycles. The van der Waals surface area contributed by atoms with Crippen LogP contribution < -0.4 is 14.9 Å². The average molecular weight is 470 g/mol. The maximum Gasteiger partial charge on any atom is 0.290 e. The molecule has 0 bridgehead atoms. The van der Waals surface area contributed by atoms with E-state index in [4.69, 9.17) is 13.9 Å². The predicted octanol–water partition coefficient (Wildman–Crippen LogP) is 5.38. The molecule has 0 N–H and O–H groups in total. The highest BCUT2D eigenvalue weighted by Crippen LogP contribution is 2.41. The molecule has 0 saturated carbocycles. The van der Waals surface area contributed by atoms with E-state index in [9.17, 15) is 9.59 Å². The van der Waals surface area contributed by atoms with Crippen molar-refractivity contribution in [2.75, 3.05) is 19.8 Å². The molecule has 1 amide bonds. The lowest BCUT2D eigenvalue weighted by Crippen LogP contribution is -2.31. The Hall–Kier alpha value is -4.06. The number of nitrogens with zero attached hydrogens (tertiary/aromatic N) is 1. The standard InChI is InChI=1S/C29H27NO5/c1-3-33-23-15-14-20(18-24(23)34-4-2)26-25-27(31)21-12-8-9-13-22(21)35-28(25)29(32)30(26)17-16-19-10-6-5-7-11-19/h5-15,18,26H,3-4,16-17H2,1-2H3. The average Bonchev–Trinajstić information content (AvgIpc) is 3.16. The lowest BCUT2D eigenvalue weighted by molar-refractivity contribution is 0.0730. The van der Waals surface area contributed by atoms with Gasteiger partial charge in [-0.25, -0.2) is 0 Å². The quantitative estimate of drug-likeness (QED) is 0.347. The van der Waals surface area contributed by atoms with Crippen molar-refractivity contribution in [3.8, 4) is 11.5 Å². The van der Waals surface area contributed by atoms with E-state index < -0.39 is 6.04 Å². The van der Waals surface area contributed by atoms with Crippen molar-refractivity contribution < 1.29 is 18.7 Å². The van der Waals surface area contributed by atoms with E-state index in [0.717, 1.165) is 11.1 Å². The van der Waals surface area contributed by atoms with Crippen LogP contribution in [0.3, 0.4) is 0 Å². The Labute approximate surface area is 203 Å². The van der Waals surface area contributed by atoms with Gasteiger partial charge in [-0.05, 0) is 55.7 Å². The maximum atomic E-state index is 13.7. The Morgan fingerprint density at radius 3 is 2.34 bits per heavy atom. The van der Waals surface area contributed by atoms with E-state index in [2.05, 4.69) is 0 Å². The first-order valence-corrected chi connectivity index (χ1v) is 11.9.